The quantitative estimate of drug-likeness (QED) is 0.262. The SMILES string of the molecule is CC(C)C1NC(=O)[C@H](C)N(C)C(=O)[C@H]([C@@H](C)O)NC(=O)COc2cccc(c2)CC2(CCN(C(=O)CCc3nc4ccccc4[nH]3)CC2)CNC1=O.Cl. The number of aromatic amines is 1. The number of nitrogens with one attached hydrogen (secondary N) is 4. The number of ether oxygens (including phenoxy) is 1. The van der Waals surface area contributed by atoms with Gasteiger partial charge < -0.3 is 40.6 Å². The Morgan fingerprint density at radius 2 is 1.72 bits per heavy atom. The number of carbonyl (C=O) groups is 5. The number of H-pyrrole nitrogens is 1. The van der Waals surface area contributed by atoms with Crippen molar-refractivity contribution in [2.75, 3.05) is 33.3 Å². The highest BCUT2D eigenvalue weighted by Gasteiger charge is 2.39. The van der Waals surface area contributed by atoms with E-state index in [4.69, 9.17) is 4.74 Å². The van der Waals surface area contributed by atoms with Gasteiger partial charge in [0.1, 0.15) is 29.7 Å². The van der Waals surface area contributed by atoms with Gasteiger partial charge in [0.05, 0.1) is 17.1 Å². The van der Waals surface area contributed by atoms with E-state index in [0.717, 1.165) is 27.3 Å². The lowest BCUT2D eigenvalue weighted by atomic mass is 9.73. The van der Waals surface area contributed by atoms with Crippen LogP contribution < -0.4 is 20.7 Å². The minimum absolute atomic E-state index is 0. The van der Waals surface area contributed by atoms with Crippen LogP contribution in [0.3, 0.4) is 0 Å². The van der Waals surface area contributed by atoms with Crippen molar-refractivity contribution >= 4 is 53.0 Å². The molecule has 288 valence electrons. The molecule has 4 atom stereocenters. The highest BCUT2D eigenvalue weighted by molar-refractivity contribution is 5.94. The first kappa shape index (κ1) is 41.1. The molecule has 2 aliphatic heterocycles. The zero-order chi connectivity index (χ0) is 37.6. The first-order chi connectivity index (χ1) is 24.7. The van der Waals surface area contributed by atoms with E-state index in [1.165, 1.54) is 20.9 Å². The first-order valence-electron chi connectivity index (χ1n) is 18.0. The third-order valence-electron chi connectivity index (χ3n) is 10.3. The zero-order valence-electron chi connectivity index (χ0n) is 31.0. The van der Waals surface area contributed by atoms with Gasteiger partial charge in [-0.1, -0.05) is 38.1 Å². The Kier molecular flexibility index (Phi) is 13.9. The molecule has 3 heterocycles. The lowest BCUT2D eigenvalue weighted by Gasteiger charge is -2.42. The second kappa shape index (κ2) is 17.9. The number of aliphatic hydroxyl groups excluding tert-OH is 1. The molecule has 2 aliphatic rings. The van der Waals surface area contributed by atoms with Crippen LogP contribution in [-0.2, 0) is 36.8 Å². The summed E-state index contributed by atoms with van der Waals surface area (Å²) in [6.07, 6.45) is 1.39. The van der Waals surface area contributed by atoms with Crippen LogP contribution in [0.1, 0.15) is 58.3 Å². The number of nitrogens with zero attached hydrogens (tertiary/aromatic N) is 3. The number of hydrogen-bond acceptors (Lipinski definition) is 8. The number of likely N-dealkylation sites (N-methyl/N-ethyl adjacent to an activating group) is 1. The minimum atomic E-state index is -1.32. The third-order valence-corrected chi connectivity index (χ3v) is 10.3. The molecule has 5 rings (SSSR count). The Morgan fingerprint density at radius 3 is 2.40 bits per heavy atom. The summed E-state index contributed by atoms with van der Waals surface area (Å²) in [4.78, 5) is 77.7. The van der Waals surface area contributed by atoms with Crippen molar-refractivity contribution < 1.29 is 33.8 Å². The van der Waals surface area contributed by atoms with Gasteiger partial charge in [0.2, 0.25) is 23.6 Å². The first-order valence-corrected chi connectivity index (χ1v) is 18.0. The van der Waals surface area contributed by atoms with Crippen LogP contribution >= 0.6 is 12.4 Å². The average Bonchev–Trinajstić information content (AvgIpc) is 3.55. The van der Waals surface area contributed by atoms with Crippen molar-refractivity contribution in [3.8, 4) is 5.75 Å². The molecule has 0 aliphatic carbocycles. The zero-order valence-corrected chi connectivity index (χ0v) is 31.8. The number of aryl methyl sites for hydroxylation is 1. The molecular formula is C38H52ClN7O7. The number of amides is 5. The van der Waals surface area contributed by atoms with E-state index in [-0.39, 0.29) is 30.1 Å². The van der Waals surface area contributed by atoms with Crippen LogP contribution in [0.15, 0.2) is 48.5 Å². The summed E-state index contributed by atoms with van der Waals surface area (Å²) in [7, 11) is 1.41. The number of halogens is 1. The molecule has 0 saturated carbocycles. The molecule has 5 amide bonds. The smallest absolute Gasteiger partial charge is 0.258 e. The maximum absolute atomic E-state index is 13.7. The highest BCUT2D eigenvalue weighted by atomic mass is 35.5. The molecule has 53 heavy (non-hydrogen) atoms. The van der Waals surface area contributed by atoms with Gasteiger partial charge in [-0.25, -0.2) is 4.98 Å². The number of likely N-dealkylation sites (tertiary alicyclic amines) is 1. The monoisotopic (exact) mass is 753 g/mol. The summed E-state index contributed by atoms with van der Waals surface area (Å²) in [5, 5.41) is 18.8. The molecule has 1 unspecified atom stereocenters. The maximum atomic E-state index is 13.7. The van der Waals surface area contributed by atoms with Crippen LogP contribution in [0, 0.1) is 11.3 Å². The van der Waals surface area contributed by atoms with Crippen LogP contribution in [0.25, 0.3) is 11.0 Å². The average molecular weight is 754 g/mol. The van der Waals surface area contributed by atoms with E-state index in [9.17, 15) is 29.1 Å². The number of para-hydroxylation sites is 2. The molecule has 15 heteroatoms. The van der Waals surface area contributed by atoms with E-state index >= 15 is 0 Å². The summed E-state index contributed by atoms with van der Waals surface area (Å²) in [6.45, 7) is 7.48. The topological polar surface area (TPSA) is 186 Å². The van der Waals surface area contributed by atoms with Crippen molar-refractivity contribution in [1.82, 2.24) is 35.7 Å². The Hall–Kier alpha value is -4.69. The Labute approximate surface area is 316 Å². The lowest BCUT2D eigenvalue weighted by molar-refractivity contribution is -0.144. The van der Waals surface area contributed by atoms with Gasteiger partial charge in [0.15, 0.2) is 6.61 Å². The van der Waals surface area contributed by atoms with E-state index < -0.39 is 54.0 Å². The molecule has 2 aromatic carbocycles. The molecule has 1 saturated heterocycles. The number of fused-ring (bicyclic) bond motifs is 3. The van der Waals surface area contributed by atoms with E-state index in [1.807, 2.05) is 61.2 Å². The number of imidazole rings is 1. The Balaban J connectivity index is 0.00000627. The predicted octanol–water partition coefficient (Wildman–Crippen LogP) is 2.13. The molecule has 2 bridgehead atoms. The standard InChI is InChI=1S/C38H51N7O7.ClH/c1-23(2)33-36(50)39-22-38(15-17-45(18-16-38)32(48)14-13-30-40-28-11-6-7-12-29(28)41-30)20-26-9-8-10-27(19-26)52-21-31(47)42-34(25(4)46)37(51)44(5)24(3)35(49)43-33;/h6-12,19,23-25,33-34,46H,13-18,20-22H2,1-5H3,(H,39,50)(H,40,41)(H,42,47)(H,43,49);1H/t24-,25+,33?,34-;/m0./s1. The summed E-state index contributed by atoms with van der Waals surface area (Å²) in [6, 6.07) is 11.9. The molecule has 1 aromatic heterocycles. The number of carbonyl (C=O) groups excluding carboxylic acids is 5. The number of aliphatic hydroxyl groups is 1. The van der Waals surface area contributed by atoms with Gasteiger partial charge in [-0.2, -0.15) is 0 Å². The van der Waals surface area contributed by atoms with Gasteiger partial charge >= 0.3 is 0 Å². The molecule has 14 nitrogen and oxygen atoms in total. The molecule has 0 radical (unpaired) electrons. The minimum Gasteiger partial charge on any atom is -0.484 e. The number of rotatable bonds is 5. The van der Waals surface area contributed by atoms with Gasteiger partial charge in [-0.05, 0) is 74.3 Å². The van der Waals surface area contributed by atoms with Gasteiger partial charge in [-0.3, -0.25) is 24.0 Å². The summed E-state index contributed by atoms with van der Waals surface area (Å²) < 4.78 is 5.80. The second-order valence-electron chi connectivity index (χ2n) is 14.6. The van der Waals surface area contributed by atoms with Crippen molar-refractivity contribution in [1.29, 1.82) is 0 Å². The summed E-state index contributed by atoms with van der Waals surface area (Å²) in [5.41, 5.74) is 2.32. The maximum Gasteiger partial charge on any atom is 0.258 e. The van der Waals surface area contributed by atoms with Crippen LogP contribution in [-0.4, -0.2) is 112 Å². The van der Waals surface area contributed by atoms with Crippen LogP contribution in [0.4, 0.5) is 0 Å². The number of benzene rings is 2. The van der Waals surface area contributed by atoms with Crippen LogP contribution in [0.2, 0.25) is 0 Å². The number of hydrogen-bond donors (Lipinski definition) is 5. The van der Waals surface area contributed by atoms with Crippen molar-refractivity contribution in [3.05, 3.63) is 59.9 Å². The molecule has 3 aromatic rings. The fraction of sp³-hybridized carbons (Fsp3) is 0.526. The van der Waals surface area contributed by atoms with Gasteiger partial charge in [-0.15, -0.1) is 12.4 Å². The third kappa shape index (κ3) is 10.3. The fourth-order valence-electron chi connectivity index (χ4n) is 6.86. The van der Waals surface area contributed by atoms with E-state index in [0.29, 0.717) is 57.5 Å². The molecular weight excluding hydrogens is 702 g/mol. The molecule has 1 spiro atoms. The van der Waals surface area contributed by atoms with E-state index in [2.05, 4.69) is 25.9 Å². The van der Waals surface area contributed by atoms with Crippen molar-refractivity contribution in [2.45, 2.75) is 84.0 Å². The summed E-state index contributed by atoms with van der Waals surface area (Å²) in [5.74, 6) is -1.20. The Bertz CT molecular complexity index is 1740. The second-order valence-corrected chi connectivity index (χ2v) is 14.6. The van der Waals surface area contributed by atoms with E-state index in [1.54, 1.807) is 6.07 Å². The predicted molar refractivity (Wildman–Crippen MR) is 201 cm³/mol. The number of piperidine rings is 1. The van der Waals surface area contributed by atoms with Crippen molar-refractivity contribution in [2.24, 2.45) is 11.3 Å². The summed E-state index contributed by atoms with van der Waals surface area (Å²) >= 11 is 0. The normalized spacial score (nSPS) is 22.4. The number of aromatic nitrogens is 2. The Morgan fingerprint density at radius 1 is 1.00 bits per heavy atom. The van der Waals surface area contributed by atoms with Gasteiger partial charge in [0.25, 0.3) is 5.91 Å². The van der Waals surface area contributed by atoms with Crippen LogP contribution in [0.5, 0.6) is 5.75 Å². The highest BCUT2D eigenvalue weighted by Crippen LogP contribution is 2.36. The van der Waals surface area contributed by atoms with Gasteiger partial charge in [0, 0.05) is 39.5 Å². The molecule has 1 fully saturated rings. The molecule has 5 N–H and O–H groups in total. The fourth-order valence-corrected chi connectivity index (χ4v) is 6.86. The van der Waals surface area contributed by atoms with Crippen molar-refractivity contribution in [3.63, 3.8) is 0 Å². The lowest BCUT2D eigenvalue weighted by Crippen LogP contribution is -2.59. The largest absolute Gasteiger partial charge is 0.484 e.